The van der Waals surface area contributed by atoms with Crippen molar-refractivity contribution in [2.24, 2.45) is 0 Å². The van der Waals surface area contributed by atoms with Gasteiger partial charge in [0.1, 0.15) is 11.5 Å². The predicted molar refractivity (Wildman–Crippen MR) is 104 cm³/mol. The third-order valence-corrected chi connectivity index (χ3v) is 4.69. The third-order valence-electron chi connectivity index (χ3n) is 4.69. The molecule has 3 heterocycles. The maximum Gasteiger partial charge on any atom is 0.223 e. The molecule has 7 nitrogen and oxygen atoms in total. The first kappa shape index (κ1) is 18.0. The van der Waals surface area contributed by atoms with Crippen molar-refractivity contribution < 1.29 is 13.6 Å². The van der Waals surface area contributed by atoms with Gasteiger partial charge in [0.15, 0.2) is 0 Å². The highest BCUT2D eigenvalue weighted by atomic mass is 16.4. The average Bonchev–Trinajstić information content (AvgIpc) is 3.41. The summed E-state index contributed by atoms with van der Waals surface area (Å²) in [6.07, 6.45) is 3.25. The maximum absolute atomic E-state index is 12.3. The normalized spacial score (nSPS) is 11.2. The topological polar surface area (TPSA) is 88.2 Å². The van der Waals surface area contributed by atoms with Gasteiger partial charge in [0, 0.05) is 37.0 Å². The molecule has 3 aromatic heterocycles. The summed E-state index contributed by atoms with van der Waals surface area (Å²) in [5.41, 5.74) is 2.19. The van der Waals surface area contributed by atoms with Crippen LogP contribution in [0, 0.1) is 6.92 Å². The van der Waals surface area contributed by atoms with Gasteiger partial charge >= 0.3 is 0 Å². The molecule has 0 fully saturated rings. The van der Waals surface area contributed by atoms with Crippen molar-refractivity contribution in [1.82, 2.24) is 20.1 Å². The Hall–Kier alpha value is -3.35. The fourth-order valence-electron chi connectivity index (χ4n) is 3.20. The van der Waals surface area contributed by atoms with E-state index in [1.807, 2.05) is 43.5 Å². The number of rotatable bonds is 7. The third kappa shape index (κ3) is 3.98. The number of nitrogens with zero attached hydrogens (tertiary/aromatic N) is 3. The summed E-state index contributed by atoms with van der Waals surface area (Å²) in [5.74, 6) is 2.64. The number of hydrogen-bond donors (Lipinski definition) is 1. The van der Waals surface area contributed by atoms with E-state index in [4.69, 9.17) is 8.83 Å². The predicted octanol–water partition coefficient (Wildman–Crippen LogP) is 3.63. The second-order valence-corrected chi connectivity index (χ2v) is 6.89. The van der Waals surface area contributed by atoms with E-state index in [1.54, 1.807) is 11.9 Å². The lowest BCUT2D eigenvalue weighted by Gasteiger charge is -2.15. The Morgan fingerprint density at radius 2 is 1.93 bits per heavy atom. The molecule has 1 N–H and O–H groups in total. The highest BCUT2D eigenvalue weighted by Crippen LogP contribution is 2.20. The Balaban J connectivity index is 1.32. The lowest BCUT2D eigenvalue weighted by molar-refractivity contribution is -0.130. The molecule has 0 spiro atoms. The standard InChI is InChI=1S/C21H22N4O3/c1-14-7-8-16(27-14)13-25(2)21(26)10-9-19-23-24-20(28-19)11-15-12-22-18-6-4-3-5-17(15)18/h3-8,12,22H,9-11,13H2,1-2H3. The van der Waals surface area contributed by atoms with E-state index < -0.39 is 0 Å². The minimum atomic E-state index is 0.00503. The molecule has 0 saturated carbocycles. The van der Waals surface area contributed by atoms with E-state index in [0.29, 0.717) is 37.6 Å². The summed E-state index contributed by atoms with van der Waals surface area (Å²) >= 11 is 0. The molecular formula is C21H22N4O3. The largest absolute Gasteiger partial charge is 0.464 e. The van der Waals surface area contributed by atoms with Crippen molar-refractivity contribution in [3.05, 3.63) is 71.5 Å². The van der Waals surface area contributed by atoms with Gasteiger partial charge in [0.05, 0.1) is 13.0 Å². The summed E-state index contributed by atoms with van der Waals surface area (Å²) in [5, 5.41) is 9.35. The van der Waals surface area contributed by atoms with Crippen molar-refractivity contribution >= 4 is 16.8 Å². The molecule has 0 aliphatic rings. The molecule has 0 unspecified atom stereocenters. The van der Waals surface area contributed by atoms with Crippen LogP contribution in [0.5, 0.6) is 0 Å². The lowest BCUT2D eigenvalue weighted by Crippen LogP contribution is -2.26. The molecule has 7 heteroatoms. The van der Waals surface area contributed by atoms with Crippen molar-refractivity contribution in [2.45, 2.75) is 32.7 Å². The highest BCUT2D eigenvalue weighted by molar-refractivity contribution is 5.83. The first-order chi connectivity index (χ1) is 13.6. The number of amides is 1. The lowest BCUT2D eigenvalue weighted by atomic mass is 10.1. The van der Waals surface area contributed by atoms with Gasteiger partial charge in [0.25, 0.3) is 0 Å². The smallest absolute Gasteiger partial charge is 0.223 e. The summed E-state index contributed by atoms with van der Waals surface area (Å²) in [4.78, 5) is 17.2. The van der Waals surface area contributed by atoms with E-state index in [0.717, 1.165) is 28.0 Å². The average molecular weight is 378 g/mol. The molecule has 0 atom stereocenters. The molecule has 0 aliphatic heterocycles. The summed E-state index contributed by atoms with van der Waals surface area (Å²) < 4.78 is 11.2. The van der Waals surface area contributed by atoms with E-state index >= 15 is 0 Å². The fourth-order valence-corrected chi connectivity index (χ4v) is 3.20. The minimum Gasteiger partial charge on any atom is -0.464 e. The van der Waals surface area contributed by atoms with E-state index in [2.05, 4.69) is 21.2 Å². The molecule has 1 aromatic carbocycles. The monoisotopic (exact) mass is 378 g/mol. The van der Waals surface area contributed by atoms with Crippen LogP contribution in [0.1, 0.15) is 35.3 Å². The molecule has 0 aliphatic carbocycles. The SMILES string of the molecule is Cc1ccc(CN(C)C(=O)CCc2nnc(Cc3c[nH]c4ccccc34)o2)o1. The van der Waals surface area contributed by atoms with E-state index in [-0.39, 0.29) is 5.91 Å². The van der Waals surface area contributed by atoms with Crippen LogP contribution in [0.15, 0.2) is 51.4 Å². The second-order valence-electron chi connectivity index (χ2n) is 6.89. The van der Waals surface area contributed by atoms with Gasteiger partial charge in [0.2, 0.25) is 17.7 Å². The quantitative estimate of drug-likeness (QED) is 0.530. The van der Waals surface area contributed by atoms with Crippen LogP contribution in [0.3, 0.4) is 0 Å². The van der Waals surface area contributed by atoms with Gasteiger partial charge in [-0.15, -0.1) is 10.2 Å². The van der Waals surface area contributed by atoms with Crippen LogP contribution in [0.2, 0.25) is 0 Å². The van der Waals surface area contributed by atoms with Crippen molar-refractivity contribution in [3.63, 3.8) is 0 Å². The zero-order valence-corrected chi connectivity index (χ0v) is 15.9. The van der Waals surface area contributed by atoms with E-state index in [9.17, 15) is 4.79 Å². The molecule has 0 bridgehead atoms. The second kappa shape index (κ2) is 7.72. The van der Waals surface area contributed by atoms with Gasteiger partial charge in [-0.1, -0.05) is 18.2 Å². The Labute approximate surface area is 162 Å². The number of carbonyl (C=O) groups excluding carboxylic acids is 1. The zero-order valence-electron chi connectivity index (χ0n) is 15.9. The van der Waals surface area contributed by atoms with E-state index in [1.165, 1.54) is 0 Å². The molecule has 28 heavy (non-hydrogen) atoms. The van der Waals surface area contributed by atoms with Gasteiger partial charge in [-0.3, -0.25) is 4.79 Å². The first-order valence-corrected chi connectivity index (χ1v) is 9.24. The van der Waals surface area contributed by atoms with Gasteiger partial charge < -0.3 is 18.7 Å². The van der Waals surface area contributed by atoms with Crippen molar-refractivity contribution in [2.75, 3.05) is 7.05 Å². The van der Waals surface area contributed by atoms with Crippen LogP contribution in [0.4, 0.5) is 0 Å². The number of nitrogens with one attached hydrogen (secondary N) is 1. The van der Waals surface area contributed by atoms with Gasteiger partial charge in [-0.2, -0.15) is 0 Å². The maximum atomic E-state index is 12.3. The molecule has 4 aromatic rings. The number of carbonyl (C=O) groups is 1. The Kier molecular flexibility index (Phi) is 4.97. The van der Waals surface area contributed by atoms with Crippen LogP contribution >= 0.6 is 0 Å². The van der Waals surface area contributed by atoms with Gasteiger partial charge in [-0.05, 0) is 30.7 Å². The number of aryl methyl sites for hydroxylation is 2. The fraction of sp³-hybridized carbons (Fsp3) is 0.286. The number of aromatic nitrogens is 3. The number of H-pyrrole nitrogens is 1. The number of aromatic amines is 1. The van der Waals surface area contributed by atoms with Crippen molar-refractivity contribution in [3.8, 4) is 0 Å². The van der Waals surface area contributed by atoms with Crippen molar-refractivity contribution in [1.29, 1.82) is 0 Å². The number of furan rings is 1. The Bertz CT molecular complexity index is 1090. The Morgan fingerprint density at radius 1 is 1.11 bits per heavy atom. The molecule has 0 radical (unpaired) electrons. The van der Waals surface area contributed by atoms with Crippen LogP contribution in [-0.4, -0.2) is 33.0 Å². The highest BCUT2D eigenvalue weighted by Gasteiger charge is 2.15. The number of para-hydroxylation sites is 1. The van der Waals surface area contributed by atoms with Crippen LogP contribution in [-0.2, 0) is 24.2 Å². The summed E-state index contributed by atoms with van der Waals surface area (Å²) in [7, 11) is 1.76. The van der Waals surface area contributed by atoms with Crippen LogP contribution < -0.4 is 0 Å². The Morgan fingerprint density at radius 3 is 2.75 bits per heavy atom. The molecule has 1 amide bonds. The summed E-state index contributed by atoms with van der Waals surface area (Å²) in [6, 6.07) is 11.9. The number of benzene rings is 1. The van der Waals surface area contributed by atoms with Crippen LogP contribution in [0.25, 0.3) is 10.9 Å². The molecule has 144 valence electrons. The summed E-state index contributed by atoms with van der Waals surface area (Å²) in [6.45, 7) is 2.33. The first-order valence-electron chi connectivity index (χ1n) is 9.24. The molecule has 0 saturated heterocycles. The zero-order chi connectivity index (χ0) is 19.5. The number of hydrogen-bond acceptors (Lipinski definition) is 5. The number of fused-ring (bicyclic) bond motifs is 1. The minimum absolute atomic E-state index is 0.00503. The molecule has 4 rings (SSSR count). The van der Waals surface area contributed by atoms with Gasteiger partial charge in [-0.25, -0.2) is 0 Å². The molecular weight excluding hydrogens is 356 g/mol.